The molecule has 0 aromatic heterocycles. The van der Waals surface area contributed by atoms with Crippen LogP contribution in [0.2, 0.25) is 0 Å². The Morgan fingerprint density at radius 1 is 0.455 bits per heavy atom. The normalized spacial score (nSPS) is 13.6. The van der Waals surface area contributed by atoms with Crippen LogP contribution in [0.25, 0.3) is 0 Å². The van der Waals surface area contributed by atoms with E-state index in [1.165, 1.54) is 24.3 Å². The zero-order valence-electron chi connectivity index (χ0n) is 17.2. The van der Waals surface area contributed by atoms with Crippen LogP contribution in [-0.2, 0) is 25.6 Å². The molecule has 0 spiro atoms. The summed E-state index contributed by atoms with van der Waals surface area (Å²) in [5.41, 5.74) is 0. The summed E-state index contributed by atoms with van der Waals surface area (Å²) in [4.78, 5) is 23.6. The molecule has 6 nitrogen and oxygen atoms in total. The van der Waals surface area contributed by atoms with Gasteiger partial charge in [-0.25, -0.2) is 0 Å². The van der Waals surface area contributed by atoms with Crippen LogP contribution in [0.1, 0.15) is 0 Å². The van der Waals surface area contributed by atoms with Crippen molar-refractivity contribution >= 4 is 25.8 Å². The quantitative estimate of drug-likeness (QED) is 0.280. The van der Waals surface area contributed by atoms with Crippen molar-refractivity contribution in [2.24, 2.45) is 0 Å². The topological polar surface area (TPSA) is 98.7 Å². The van der Waals surface area contributed by atoms with Gasteiger partial charge in [0.15, 0.2) is 0 Å². The molecule has 2 atom stereocenters. The fourth-order valence-electron chi connectivity index (χ4n) is 2.57. The molecule has 9 heteroatoms. The summed E-state index contributed by atoms with van der Waals surface area (Å²) >= 11 is 0. The first kappa shape index (κ1) is 26.6. The molecule has 4 rings (SSSR count). The Balaban J connectivity index is 0.000000227. The van der Waals surface area contributed by atoms with E-state index in [4.69, 9.17) is 9.05 Å². The number of rotatable bonds is 6. The minimum atomic E-state index is -4.02. The third-order valence-corrected chi connectivity index (χ3v) is 6.85. The summed E-state index contributed by atoms with van der Waals surface area (Å²) in [6, 6.07) is 33.1. The molecule has 0 bridgehead atoms. The minimum Gasteiger partial charge on any atom is -0.765 e. The van der Waals surface area contributed by atoms with Gasteiger partial charge in [0.2, 0.25) is 15.2 Å². The van der Waals surface area contributed by atoms with E-state index in [9.17, 15) is 18.9 Å². The largest absolute Gasteiger partial charge is 2.00 e. The van der Waals surface area contributed by atoms with Crippen LogP contribution in [0.3, 0.4) is 0 Å². The van der Waals surface area contributed by atoms with E-state index in [1.807, 2.05) is 0 Å². The molecular formula is C24H20NiO6P2. The molecule has 2 unspecified atom stereocenters. The third-order valence-electron chi connectivity index (χ3n) is 4.08. The minimum absolute atomic E-state index is 0. The van der Waals surface area contributed by atoms with Gasteiger partial charge in [-0.2, -0.15) is 0 Å². The van der Waals surface area contributed by atoms with Crippen molar-refractivity contribution in [3.8, 4) is 11.5 Å². The SMILES string of the molecule is O=P([O-])(Oc1ccccc1)c1ccccc1.O=P([O-])(Oc1ccccc1)c1ccccc1.[Ni+2]. The first-order chi connectivity index (χ1) is 15.4. The van der Waals surface area contributed by atoms with Crippen LogP contribution < -0.4 is 29.4 Å². The van der Waals surface area contributed by atoms with Gasteiger partial charge in [0.05, 0.1) is 0 Å². The summed E-state index contributed by atoms with van der Waals surface area (Å²) in [7, 11) is -8.03. The molecule has 0 aliphatic carbocycles. The molecule has 0 heterocycles. The average Bonchev–Trinajstić information content (AvgIpc) is 2.81. The molecule has 0 N–H and O–H groups in total. The van der Waals surface area contributed by atoms with E-state index in [-0.39, 0.29) is 27.1 Å². The molecule has 0 aliphatic rings. The van der Waals surface area contributed by atoms with Crippen LogP contribution >= 0.6 is 15.2 Å². The maximum atomic E-state index is 11.8. The van der Waals surface area contributed by atoms with Gasteiger partial charge in [-0.05, 0) is 48.5 Å². The van der Waals surface area contributed by atoms with Gasteiger partial charge >= 0.3 is 16.5 Å². The van der Waals surface area contributed by atoms with E-state index >= 15 is 0 Å². The van der Waals surface area contributed by atoms with Gasteiger partial charge < -0.3 is 18.8 Å². The van der Waals surface area contributed by atoms with E-state index in [0.29, 0.717) is 11.5 Å². The van der Waals surface area contributed by atoms with Crippen molar-refractivity contribution in [2.75, 3.05) is 0 Å². The van der Waals surface area contributed by atoms with Crippen molar-refractivity contribution in [2.45, 2.75) is 0 Å². The van der Waals surface area contributed by atoms with Gasteiger partial charge in [-0.15, -0.1) is 0 Å². The van der Waals surface area contributed by atoms with Gasteiger partial charge in [-0.3, -0.25) is 9.13 Å². The van der Waals surface area contributed by atoms with E-state index in [0.717, 1.165) is 0 Å². The van der Waals surface area contributed by atoms with Crippen LogP contribution in [0.5, 0.6) is 11.5 Å². The summed E-state index contributed by atoms with van der Waals surface area (Å²) < 4.78 is 33.6. The molecule has 0 aliphatic heterocycles. The monoisotopic (exact) mass is 524 g/mol. The molecule has 0 radical (unpaired) electrons. The third kappa shape index (κ3) is 8.33. The number of hydrogen-bond donors (Lipinski definition) is 0. The molecule has 0 fully saturated rings. The first-order valence-electron chi connectivity index (χ1n) is 9.59. The van der Waals surface area contributed by atoms with Crippen molar-refractivity contribution in [1.82, 2.24) is 0 Å². The zero-order chi connectivity index (χ0) is 22.9. The Bertz CT molecular complexity index is 1100. The Labute approximate surface area is 202 Å². The molecular weight excluding hydrogens is 505 g/mol. The van der Waals surface area contributed by atoms with Crippen LogP contribution in [0, 0.1) is 0 Å². The van der Waals surface area contributed by atoms with Crippen molar-refractivity contribution in [3.63, 3.8) is 0 Å². The fourth-order valence-corrected chi connectivity index (χ4v) is 4.65. The molecule has 4 aromatic rings. The predicted octanol–water partition coefficient (Wildman–Crippen LogP) is 3.89. The molecule has 0 saturated heterocycles. The summed E-state index contributed by atoms with van der Waals surface area (Å²) in [5.74, 6) is 0.648. The molecule has 0 amide bonds. The van der Waals surface area contributed by atoms with Crippen molar-refractivity contribution < 1.29 is 44.5 Å². The Kier molecular flexibility index (Phi) is 10.1. The zero-order valence-corrected chi connectivity index (χ0v) is 20.0. The second-order valence-electron chi connectivity index (χ2n) is 6.47. The van der Waals surface area contributed by atoms with Crippen LogP contribution in [-0.4, -0.2) is 0 Å². The molecule has 172 valence electrons. The number of para-hydroxylation sites is 2. The first-order valence-corrected chi connectivity index (χ1v) is 12.7. The Morgan fingerprint density at radius 3 is 0.970 bits per heavy atom. The maximum absolute atomic E-state index is 11.8. The van der Waals surface area contributed by atoms with Gasteiger partial charge in [0, 0.05) is 10.6 Å². The smallest absolute Gasteiger partial charge is 0.765 e. The number of benzene rings is 4. The fraction of sp³-hybridized carbons (Fsp3) is 0. The van der Waals surface area contributed by atoms with Gasteiger partial charge in [0.1, 0.15) is 11.5 Å². The van der Waals surface area contributed by atoms with E-state index in [1.54, 1.807) is 97.1 Å². The standard InChI is InChI=1S/2C12H11O3P.Ni/c2*13-16(14,12-9-5-2-6-10-12)15-11-7-3-1-4-8-11;/h2*1-10H,(H,13,14);/q;;+2/p-2. The second-order valence-corrected chi connectivity index (χ2v) is 9.86. The van der Waals surface area contributed by atoms with Crippen molar-refractivity contribution in [1.29, 1.82) is 0 Å². The second kappa shape index (κ2) is 12.6. The Hall–Kier alpha value is -2.65. The van der Waals surface area contributed by atoms with Gasteiger partial charge in [0.25, 0.3) is 0 Å². The molecule has 4 aromatic carbocycles. The number of hydrogen-bond acceptors (Lipinski definition) is 6. The van der Waals surface area contributed by atoms with Crippen molar-refractivity contribution in [3.05, 3.63) is 121 Å². The van der Waals surface area contributed by atoms with Gasteiger partial charge in [-0.1, -0.05) is 72.8 Å². The summed E-state index contributed by atoms with van der Waals surface area (Å²) in [6.07, 6.45) is 0. The van der Waals surface area contributed by atoms with Crippen LogP contribution in [0.4, 0.5) is 0 Å². The average molecular weight is 525 g/mol. The maximum Gasteiger partial charge on any atom is 2.00 e. The van der Waals surface area contributed by atoms with E-state index < -0.39 is 15.2 Å². The van der Waals surface area contributed by atoms with Crippen LogP contribution in [0.15, 0.2) is 121 Å². The van der Waals surface area contributed by atoms with E-state index in [2.05, 4.69) is 0 Å². The Morgan fingerprint density at radius 2 is 0.697 bits per heavy atom. The predicted molar refractivity (Wildman–Crippen MR) is 122 cm³/mol. The molecule has 0 saturated carbocycles. The summed E-state index contributed by atoms with van der Waals surface area (Å²) in [5, 5.41) is 0.359. The summed E-state index contributed by atoms with van der Waals surface area (Å²) in [6.45, 7) is 0. The molecule has 33 heavy (non-hydrogen) atoms.